The van der Waals surface area contributed by atoms with E-state index in [0.717, 1.165) is 27.5 Å². The predicted octanol–water partition coefficient (Wildman–Crippen LogP) is 2.77. The number of rotatable bonds is 4. The van der Waals surface area contributed by atoms with E-state index in [2.05, 4.69) is 11.6 Å². The molecule has 2 aromatic carbocycles. The van der Waals surface area contributed by atoms with Gasteiger partial charge in [0.05, 0.1) is 6.54 Å². The van der Waals surface area contributed by atoms with Gasteiger partial charge in [-0.2, -0.15) is 5.26 Å². The van der Waals surface area contributed by atoms with E-state index in [9.17, 15) is 9.59 Å². The van der Waals surface area contributed by atoms with Crippen molar-refractivity contribution in [2.24, 2.45) is 5.73 Å². The highest BCUT2D eigenvalue weighted by Crippen LogP contribution is 2.33. The Morgan fingerprint density at radius 2 is 1.96 bits per heavy atom. The lowest BCUT2D eigenvalue weighted by molar-refractivity contribution is -0.114. The molecule has 0 saturated carbocycles. The number of amides is 2. The Kier molecular flexibility index (Phi) is 4.13. The topological polar surface area (TPSA) is 100 Å². The van der Waals surface area contributed by atoms with Crippen LogP contribution in [0.2, 0.25) is 0 Å². The van der Waals surface area contributed by atoms with E-state index in [1.165, 1.54) is 0 Å². The SMILES string of the molecule is C=C(CN1Cc2c(ccc3ccc(-c4ccc(C#N)nc4)cc23)C1=O)C(N)=O. The monoisotopic (exact) mass is 368 g/mol. The number of carbonyl (C=O) groups is 2. The molecule has 28 heavy (non-hydrogen) atoms. The second-order valence-corrected chi connectivity index (χ2v) is 6.70. The summed E-state index contributed by atoms with van der Waals surface area (Å²) in [5.74, 6) is -0.742. The number of carbonyl (C=O) groups excluding carboxylic acids is 2. The van der Waals surface area contributed by atoms with E-state index >= 15 is 0 Å². The number of nitriles is 1. The van der Waals surface area contributed by atoms with Gasteiger partial charge in [-0.05, 0) is 46.2 Å². The number of nitrogens with zero attached hydrogens (tertiary/aromatic N) is 3. The van der Waals surface area contributed by atoms with Crippen LogP contribution in [0.15, 0.2) is 60.8 Å². The van der Waals surface area contributed by atoms with E-state index in [0.29, 0.717) is 17.8 Å². The number of hydrogen-bond donors (Lipinski definition) is 1. The number of nitrogens with two attached hydrogens (primary N) is 1. The van der Waals surface area contributed by atoms with Gasteiger partial charge in [0.15, 0.2) is 0 Å². The van der Waals surface area contributed by atoms with Gasteiger partial charge in [-0.1, -0.05) is 24.8 Å². The molecule has 0 unspecified atom stereocenters. The van der Waals surface area contributed by atoms with Gasteiger partial charge in [-0.3, -0.25) is 9.59 Å². The molecule has 2 amide bonds. The average Bonchev–Trinajstić information content (AvgIpc) is 3.03. The first-order valence-electron chi connectivity index (χ1n) is 8.67. The third-order valence-corrected chi connectivity index (χ3v) is 4.94. The minimum Gasteiger partial charge on any atom is -0.366 e. The van der Waals surface area contributed by atoms with Gasteiger partial charge in [-0.15, -0.1) is 0 Å². The van der Waals surface area contributed by atoms with Gasteiger partial charge in [0.2, 0.25) is 5.91 Å². The smallest absolute Gasteiger partial charge is 0.254 e. The summed E-state index contributed by atoms with van der Waals surface area (Å²) in [6.07, 6.45) is 1.66. The number of fused-ring (bicyclic) bond motifs is 3. The maximum Gasteiger partial charge on any atom is 0.254 e. The molecule has 0 atom stereocenters. The minimum atomic E-state index is -0.607. The summed E-state index contributed by atoms with van der Waals surface area (Å²) in [5.41, 5.74) is 9.21. The number of pyridine rings is 1. The van der Waals surface area contributed by atoms with Crippen LogP contribution in [0.5, 0.6) is 0 Å². The minimum absolute atomic E-state index is 0.115. The van der Waals surface area contributed by atoms with Gasteiger partial charge in [-0.25, -0.2) is 4.98 Å². The van der Waals surface area contributed by atoms with Gasteiger partial charge in [0.25, 0.3) is 5.91 Å². The van der Waals surface area contributed by atoms with Crippen molar-refractivity contribution in [1.29, 1.82) is 5.26 Å². The van der Waals surface area contributed by atoms with Crippen LogP contribution in [0.25, 0.3) is 21.9 Å². The Hall–Kier alpha value is -3.98. The highest BCUT2D eigenvalue weighted by Gasteiger charge is 2.29. The first kappa shape index (κ1) is 17.4. The van der Waals surface area contributed by atoms with Crippen LogP contribution in [-0.2, 0) is 11.3 Å². The second-order valence-electron chi connectivity index (χ2n) is 6.70. The molecule has 4 rings (SSSR count). The van der Waals surface area contributed by atoms with Crippen LogP contribution in [0.1, 0.15) is 21.6 Å². The first-order valence-corrected chi connectivity index (χ1v) is 8.67. The fourth-order valence-electron chi connectivity index (χ4n) is 3.43. The zero-order valence-electron chi connectivity index (χ0n) is 15.0. The number of aromatic nitrogens is 1. The highest BCUT2D eigenvalue weighted by molar-refractivity contribution is 6.05. The van der Waals surface area contributed by atoms with Crippen LogP contribution in [0, 0.1) is 11.3 Å². The molecule has 6 nitrogen and oxygen atoms in total. The van der Waals surface area contributed by atoms with Crippen molar-refractivity contribution < 1.29 is 9.59 Å². The largest absolute Gasteiger partial charge is 0.366 e. The molecule has 0 spiro atoms. The fourth-order valence-corrected chi connectivity index (χ4v) is 3.43. The molecule has 3 aromatic rings. The standard InChI is InChI=1S/C22H16N4O2/c1-13(21(24)27)11-26-12-20-18(22(26)28)7-5-14-2-3-15(8-19(14)20)16-4-6-17(9-23)25-10-16/h2-8,10H,1,11-12H2,(H2,24,27). The molecule has 0 aliphatic carbocycles. The van der Waals surface area contributed by atoms with Crippen molar-refractivity contribution in [1.82, 2.24) is 9.88 Å². The Balaban J connectivity index is 1.75. The summed E-state index contributed by atoms with van der Waals surface area (Å²) in [6.45, 7) is 4.16. The molecule has 2 heterocycles. The van der Waals surface area contributed by atoms with Crippen molar-refractivity contribution in [2.45, 2.75) is 6.54 Å². The first-order chi connectivity index (χ1) is 13.5. The number of hydrogen-bond acceptors (Lipinski definition) is 4. The third kappa shape index (κ3) is 2.89. The molecule has 6 heteroatoms. The summed E-state index contributed by atoms with van der Waals surface area (Å²) in [4.78, 5) is 29.7. The van der Waals surface area contributed by atoms with Crippen molar-refractivity contribution in [3.8, 4) is 17.2 Å². The van der Waals surface area contributed by atoms with Crippen LogP contribution < -0.4 is 5.73 Å². The van der Waals surface area contributed by atoms with E-state index < -0.39 is 5.91 Å². The molecular formula is C22H16N4O2. The van der Waals surface area contributed by atoms with Crippen LogP contribution >= 0.6 is 0 Å². The molecule has 0 saturated heterocycles. The molecule has 1 aliphatic rings. The van der Waals surface area contributed by atoms with E-state index in [4.69, 9.17) is 11.0 Å². The van der Waals surface area contributed by atoms with Gasteiger partial charge in [0, 0.05) is 29.4 Å². The Labute approximate surface area is 161 Å². The third-order valence-electron chi connectivity index (χ3n) is 4.94. The Morgan fingerprint density at radius 3 is 2.64 bits per heavy atom. The lowest BCUT2D eigenvalue weighted by Gasteiger charge is -2.15. The molecule has 0 radical (unpaired) electrons. The molecule has 0 fully saturated rings. The summed E-state index contributed by atoms with van der Waals surface area (Å²) >= 11 is 0. The second kappa shape index (κ2) is 6.63. The summed E-state index contributed by atoms with van der Waals surface area (Å²) in [6, 6.07) is 15.3. The van der Waals surface area contributed by atoms with E-state index in [1.807, 2.05) is 42.5 Å². The number of primary amides is 1. The average molecular weight is 368 g/mol. The summed E-state index contributed by atoms with van der Waals surface area (Å²) in [5, 5.41) is 10.9. The lowest BCUT2D eigenvalue weighted by atomic mass is 9.97. The Bertz CT molecular complexity index is 1190. The zero-order valence-corrected chi connectivity index (χ0v) is 15.0. The number of benzene rings is 2. The molecular weight excluding hydrogens is 352 g/mol. The maximum absolute atomic E-state index is 12.7. The van der Waals surface area contributed by atoms with Crippen molar-refractivity contribution in [3.05, 3.63) is 77.6 Å². The van der Waals surface area contributed by atoms with Gasteiger partial charge >= 0.3 is 0 Å². The molecule has 1 aromatic heterocycles. The van der Waals surface area contributed by atoms with Crippen molar-refractivity contribution >= 4 is 22.6 Å². The zero-order chi connectivity index (χ0) is 19.8. The lowest BCUT2D eigenvalue weighted by Crippen LogP contribution is -2.30. The van der Waals surface area contributed by atoms with Gasteiger partial charge in [0.1, 0.15) is 11.8 Å². The summed E-state index contributed by atoms with van der Waals surface area (Å²) in [7, 11) is 0. The fraction of sp³-hybridized carbons (Fsp3) is 0.0909. The van der Waals surface area contributed by atoms with E-state index in [1.54, 1.807) is 17.2 Å². The Morgan fingerprint density at radius 1 is 1.21 bits per heavy atom. The molecule has 1 aliphatic heterocycles. The van der Waals surface area contributed by atoms with Crippen LogP contribution in [-0.4, -0.2) is 28.2 Å². The molecule has 0 bridgehead atoms. The predicted molar refractivity (Wildman–Crippen MR) is 105 cm³/mol. The maximum atomic E-state index is 12.7. The van der Waals surface area contributed by atoms with Crippen molar-refractivity contribution in [2.75, 3.05) is 6.54 Å². The van der Waals surface area contributed by atoms with Crippen LogP contribution in [0.3, 0.4) is 0 Å². The molecule has 2 N–H and O–H groups in total. The van der Waals surface area contributed by atoms with Crippen molar-refractivity contribution in [3.63, 3.8) is 0 Å². The summed E-state index contributed by atoms with van der Waals surface area (Å²) < 4.78 is 0. The van der Waals surface area contributed by atoms with Gasteiger partial charge < -0.3 is 10.6 Å². The highest BCUT2D eigenvalue weighted by atomic mass is 16.2. The quantitative estimate of drug-likeness (QED) is 0.716. The van der Waals surface area contributed by atoms with Crippen LogP contribution in [0.4, 0.5) is 0 Å². The molecule has 136 valence electrons. The van der Waals surface area contributed by atoms with E-state index in [-0.39, 0.29) is 18.0 Å². The normalized spacial score (nSPS) is 12.7.